The van der Waals surface area contributed by atoms with Crippen molar-refractivity contribution in [2.24, 2.45) is 4.99 Å². The third-order valence-corrected chi connectivity index (χ3v) is 4.70. The zero-order valence-corrected chi connectivity index (χ0v) is 16.0. The first-order valence-electron chi connectivity index (χ1n) is 9.43. The summed E-state index contributed by atoms with van der Waals surface area (Å²) >= 11 is 0. The summed E-state index contributed by atoms with van der Waals surface area (Å²) in [5.41, 5.74) is 4.40. The molecule has 0 saturated carbocycles. The molecule has 1 atom stereocenters. The third-order valence-electron chi connectivity index (χ3n) is 4.70. The summed E-state index contributed by atoms with van der Waals surface area (Å²) in [6.07, 6.45) is 2.56. The van der Waals surface area contributed by atoms with Crippen molar-refractivity contribution < 1.29 is 4.74 Å². The lowest BCUT2D eigenvalue weighted by atomic mass is 10.2. The van der Waals surface area contributed by atoms with Crippen LogP contribution in [0.5, 0.6) is 0 Å². The molecule has 6 nitrogen and oxygen atoms in total. The molecular formula is C20H29N5O. The molecule has 0 radical (unpaired) electrons. The van der Waals surface area contributed by atoms with E-state index in [1.165, 1.54) is 5.56 Å². The Kier molecular flexibility index (Phi) is 6.28. The Balaban J connectivity index is 1.71. The van der Waals surface area contributed by atoms with Crippen molar-refractivity contribution in [3.8, 4) is 5.69 Å². The first kappa shape index (κ1) is 18.5. The lowest BCUT2D eigenvalue weighted by molar-refractivity contribution is 0.114. The summed E-state index contributed by atoms with van der Waals surface area (Å²) in [6, 6.07) is 10.2. The first-order chi connectivity index (χ1) is 12.7. The van der Waals surface area contributed by atoms with Gasteiger partial charge in [-0.2, -0.15) is 5.10 Å². The molecule has 1 unspecified atom stereocenters. The molecule has 26 heavy (non-hydrogen) atoms. The van der Waals surface area contributed by atoms with Gasteiger partial charge in [-0.25, -0.2) is 9.67 Å². The van der Waals surface area contributed by atoms with Crippen LogP contribution in [0.1, 0.15) is 36.7 Å². The Bertz CT molecular complexity index is 732. The average molecular weight is 355 g/mol. The normalized spacial score (nSPS) is 17.5. The maximum atomic E-state index is 5.68. The number of rotatable bonds is 6. The number of nitrogens with one attached hydrogen (secondary N) is 2. The Labute approximate surface area is 155 Å². The number of benzene rings is 1. The van der Waals surface area contributed by atoms with E-state index in [-0.39, 0.29) is 0 Å². The van der Waals surface area contributed by atoms with Gasteiger partial charge in [-0.15, -0.1) is 0 Å². The summed E-state index contributed by atoms with van der Waals surface area (Å²) in [5, 5.41) is 11.4. The number of ether oxygens (including phenoxy) is 1. The van der Waals surface area contributed by atoms with E-state index >= 15 is 0 Å². The van der Waals surface area contributed by atoms with Gasteiger partial charge >= 0.3 is 0 Å². The number of hydrogen-bond donors (Lipinski definition) is 2. The van der Waals surface area contributed by atoms with Gasteiger partial charge in [-0.1, -0.05) is 18.2 Å². The lowest BCUT2D eigenvalue weighted by Crippen LogP contribution is -2.41. The van der Waals surface area contributed by atoms with Gasteiger partial charge in [-0.05, 0) is 45.7 Å². The Morgan fingerprint density at radius 3 is 2.77 bits per heavy atom. The van der Waals surface area contributed by atoms with E-state index in [1.54, 1.807) is 0 Å². The van der Waals surface area contributed by atoms with Gasteiger partial charge in [0, 0.05) is 31.0 Å². The van der Waals surface area contributed by atoms with Crippen molar-refractivity contribution in [1.29, 1.82) is 0 Å². The molecule has 0 aliphatic carbocycles. The number of aliphatic imine (C=N–C) groups is 1. The quantitative estimate of drug-likeness (QED) is 0.618. The van der Waals surface area contributed by atoms with Crippen LogP contribution in [-0.4, -0.2) is 41.5 Å². The number of guanidine groups is 1. The highest BCUT2D eigenvalue weighted by molar-refractivity contribution is 5.79. The molecule has 2 N–H and O–H groups in total. The first-order valence-corrected chi connectivity index (χ1v) is 9.43. The van der Waals surface area contributed by atoms with Crippen molar-refractivity contribution in [3.05, 3.63) is 47.3 Å². The van der Waals surface area contributed by atoms with E-state index in [9.17, 15) is 0 Å². The smallest absolute Gasteiger partial charge is 0.191 e. The second-order valence-electron chi connectivity index (χ2n) is 6.61. The van der Waals surface area contributed by atoms with Crippen molar-refractivity contribution in [2.45, 2.75) is 46.3 Å². The summed E-state index contributed by atoms with van der Waals surface area (Å²) in [4.78, 5) is 4.76. The van der Waals surface area contributed by atoms with Crippen LogP contribution < -0.4 is 10.6 Å². The monoisotopic (exact) mass is 355 g/mol. The minimum atomic E-state index is 0.295. The molecule has 3 rings (SSSR count). The maximum absolute atomic E-state index is 5.68. The predicted molar refractivity (Wildman–Crippen MR) is 105 cm³/mol. The van der Waals surface area contributed by atoms with Crippen LogP contribution in [0.25, 0.3) is 5.69 Å². The lowest BCUT2D eigenvalue weighted by Gasteiger charge is -2.14. The van der Waals surface area contributed by atoms with Crippen LogP contribution in [0.3, 0.4) is 0 Å². The van der Waals surface area contributed by atoms with Crippen LogP contribution in [0, 0.1) is 13.8 Å². The van der Waals surface area contributed by atoms with Gasteiger partial charge < -0.3 is 15.4 Å². The molecule has 1 aliphatic heterocycles. The van der Waals surface area contributed by atoms with Crippen LogP contribution >= 0.6 is 0 Å². The topological polar surface area (TPSA) is 63.5 Å². The highest BCUT2D eigenvalue weighted by Gasteiger charge is 2.16. The SMILES string of the molecule is CCNC(=NCc1c(C)nn(-c2ccccc2)c1C)NCC1CCCO1. The Morgan fingerprint density at radius 2 is 2.08 bits per heavy atom. The van der Waals surface area contributed by atoms with Gasteiger partial charge in [0.15, 0.2) is 5.96 Å². The van der Waals surface area contributed by atoms with Gasteiger partial charge in [0.2, 0.25) is 0 Å². The largest absolute Gasteiger partial charge is 0.376 e. The fourth-order valence-electron chi connectivity index (χ4n) is 3.24. The predicted octanol–water partition coefficient (Wildman–Crippen LogP) is 2.72. The van der Waals surface area contributed by atoms with Crippen molar-refractivity contribution >= 4 is 5.96 Å². The molecule has 2 heterocycles. The van der Waals surface area contributed by atoms with Crippen molar-refractivity contribution in [3.63, 3.8) is 0 Å². The number of aromatic nitrogens is 2. The second-order valence-corrected chi connectivity index (χ2v) is 6.61. The molecule has 1 aromatic carbocycles. The molecule has 1 aromatic heterocycles. The van der Waals surface area contributed by atoms with Gasteiger partial charge in [0.25, 0.3) is 0 Å². The second kappa shape index (κ2) is 8.85. The third kappa shape index (κ3) is 4.43. The molecule has 0 amide bonds. The molecule has 0 spiro atoms. The van der Waals surface area contributed by atoms with Gasteiger partial charge in [-0.3, -0.25) is 0 Å². The molecule has 2 aromatic rings. The van der Waals surface area contributed by atoms with E-state index in [0.717, 1.165) is 55.6 Å². The van der Waals surface area contributed by atoms with Crippen molar-refractivity contribution in [2.75, 3.05) is 19.7 Å². The van der Waals surface area contributed by atoms with Crippen LogP contribution in [0.15, 0.2) is 35.3 Å². The zero-order valence-electron chi connectivity index (χ0n) is 16.0. The maximum Gasteiger partial charge on any atom is 0.191 e. The van der Waals surface area contributed by atoms with E-state index in [1.807, 2.05) is 29.8 Å². The molecule has 1 aliphatic rings. The Hall–Kier alpha value is -2.34. The van der Waals surface area contributed by atoms with Crippen molar-refractivity contribution in [1.82, 2.24) is 20.4 Å². The highest BCUT2D eigenvalue weighted by Crippen LogP contribution is 2.18. The minimum Gasteiger partial charge on any atom is -0.376 e. The van der Waals surface area contributed by atoms with E-state index in [2.05, 4.69) is 36.6 Å². The zero-order chi connectivity index (χ0) is 18.4. The molecule has 0 bridgehead atoms. The Morgan fingerprint density at radius 1 is 1.27 bits per heavy atom. The summed E-state index contributed by atoms with van der Waals surface area (Å²) in [5.74, 6) is 0.828. The standard InChI is InChI=1S/C20H29N5O/c1-4-21-20(22-13-18-11-8-12-26-18)23-14-19-15(2)24-25(16(19)3)17-9-6-5-7-10-17/h5-7,9-10,18H,4,8,11-14H2,1-3H3,(H2,21,22,23). The summed E-state index contributed by atoms with van der Waals surface area (Å²) in [7, 11) is 0. The van der Waals surface area contributed by atoms with E-state index in [0.29, 0.717) is 12.6 Å². The van der Waals surface area contributed by atoms with E-state index < -0.39 is 0 Å². The van der Waals surface area contributed by atoms with Gasteiger partial charge in [0.1, 0.15) is 0 Å². The fraction of sp³-hybridized carbons (Fsp3) is 0.500. The van der Waals surface area contributed by atoms with Crippen LogP contribution in [0.4, 0.5) is 0 Å². The number of nitrogens with zero attached hydrogens (tertiary/aromatic N) is 3. The summed E-state index contributed by atoms with van der Waals surface area (Å²) < 4.78 is 7.67. The summed E-state index contributed by atoms with van der Waals surface area (Å²) in [6.45, 7) is 9.33. The minimum absolute atomic E-state index is 0.295. The van der Waals surface area contributed by atoms with Crippen LogP contribution in [-0.2, 0) is 11.3 Å². The molecule has 140 valence electrons. The molecule has 1 fully saturated rings. The number of hydrogen-bond acceptors (Lipinski definition) is 3. The fourth-order valence-corrected chi connectivity index (χ4v) is 3.24. The van der Waals surface area contributed by atoms with Crippen LogP contribution in [0.2, 0.25) is 0 Å². The molecule has 6 heteroatoms. The molecular weight excluding hydrogens is 326 g/mol. The number of para-hydroxylation sites is 1. The van der Waals surface area contributed by atoms with Gasteiger partial charge in [0.05, 0.1) is 24.0 Å². The van der Waals surface area contributed by atoms with E-state index in [4.69, 9.17) is 14.8 Å². The molecule has 1 saturated heterocycles. The average Bonchev–Trinajstić information content (AvgIpc) is 3.27. The highest BCUT2D eigenvalue weighted by atomic mass is 16.5. The number of aryl methyl sites for hydroxylation is 1.